The number of benzene rings is 1. The lowest BCUT2D eigenvalue weighted by molar-refractivity contribution is -0.384. The summed E-state index contributed by atoms with van der Waals surface area (Å²) in [6.07, 6.45) is 2.99. The number of aromatic nitrogens is 3. The van der Waals surface area contributed by atoms with Gasteiger partial charge < -0.3 is 9.73 Å². The molecule has 0 aliphatic rings. The van der Waals surface area contributed by atoms with Gasteiger partial charge in [-0.25, -0.2) is 9.67 Å². The van der Waals surface area contributed by atoms with Crippen molar-refractivity contribution in [3.05, 3.63) is 64.9 Å². The number of carbonyl (C=O) groups excluding carboxylic acids is 1. The van der Waals surface area contributed by atoms with Gasteiger partial charge in [0.05, 0.1) is 17.2 Å². The van der Waals surface area contributed by atoms with Crippen molar-refractivity contribution < 1.29 is 14.1 Å². The van der Waals surface area contributed by atoms with Crippen LogP contribution in [0.4, 0.5) is 5.69 Å². The molecule has 0 saturated carbocycles. The molecular weight excluding hydrogens is 326 g/mol. The van der Waals surface area contributed by atoms with Crippen molar-refractivity contribution in [3.8, 4) is 11.4 Å². The number of nitrogens with zero attached hydrogens (tertiary/aromatic N) is 4. The average molecular weight is 341 g/mol. The van der Waals surface area contributed by atoms with Gasteiger partial charge >= 0.3 is 0 Å². The summed E-state index contributed by atoms with van der Waals surface area (Å²) >= 11 is 0. The van der Waals surface area contributed by atoms with Gasteiger partial charge in [-0.05, 0) is 31.2 Å². The SMILES string of the molecule is C[C@H](NC(=O)Cn1cnc(-c2ccc([N+](=O)[O-])cc2)n1)c1ccco1. The van der Waals surface area contributed by atoms with Gasteiger partial charge in [-0.1, -0.05) is 0 Å². The first kappa shape index (κ1) is 16.4. The highest BCUT2D eigenvalue weighted by atomic mass is 16.6. The summed E-state index contributed by atoms with van der Waals surface area (Å²) in [4.78, 5) is 26.4. The highest BCUT2D eigenvalue weighted by Gasteiger charge is 2.14. The van der Waals surface area contributed by atoms with Gasteiger partial charge in [0.2, 0.25) is 5.91 Å². The molecule has 0 radical (unpaired) electrons. The Labute approximate surface area is 142 Å². The van der Waals surface area contributed by atoms with Crippen molar-refractivity contribution in [1.82, 2.24) is 20.1 Å². The molecule has 2 aromatic heterocycles. The molecule has 0 aliphatic carbocycles. The fraction of sp³-hybridized carbons (Fsp3) is 0.188. The number of non-ortho nitro benzene ring substituents is 1. The van der Waals surface area contributed by atoms with Gasteiger partial charge in [0.15, 0.2) is 5.82 Å². The third-order valence-electron chi connectivity index (χ3n) is 3.53. The minimum atomic E-state index is -0.472. The van der Waals surface area contributed by atoms with E-state index in [-0.39, 0.29) is 24.2 Å². The largest absolute Gasteiger partial charge is 0.467 e. The second kappa shape index (κ2) is 6.95. The van der Waals surface area contributed by atoms with Gasteiger partial charge in [0, 0.05) is 17.7 Å². The van der Waals surface area contributed by atoms with Crippen molar-refractivity contribution in [2.45, 2.75) is 19.5 Å². The monoisotopic (exact) mass is 341 g/mol. The first-order valence-electron chi connectivity index (χ1n) is 7.50. The Morgan fingerprint density at radius 1 is 1.36 bits per heavy atom. The number of rotatable bonds is 6. The third-order valence-corrected chi connectivity index (χ3v) is 3.53. The zero-order valence-electron chi connectivity index (χ0n) is 13.3. The van der Waals surface area contributed by atoms with Crippen LogP contribution in [0.25, 0.3) is 11.4 Å². The third kappa shape index (κ3) is 3.89. The number of nitro benzene ring substituents is 1. The van der Waals surface area contributed by atoms with Crippen LogP contribution < -0.4 is 5.32 Å². The summed E-state index contributed by atoms with van der Waals surface area (Å²) in [5, 5.41) is 17.7. The molecular formula is C16H15N5O4. The van der Waals surface area contributed by atoms with Gasteiger partial charge in [-0.15, -0.1) is 0 Å². The van der Waals surface area contributed by atoms with Crippen molar-refractivity contribution in [2.75, 3.05) is 0 Å². The Balaban J connectivity index is 1.63. The summed E-state index contributed by atoms with van der Waals surface area (Å²) in [7, 11) is 0. The van der Waals surface area contributed by atoms with Crippen molar-refractivity contribution >= 4 is 11.6 Å². The van der Waals surface area contributed by atoms with Crippen LogP contribution in [0.1, 0.15) is 18.7 Å². The second-order valence-electron chi connectivity index (χ2n) is 5.37. The highest BCUT2D eigenvalue weighted by molar-refractivity contribution is 5.76. The zero-order valence-corrected chi connectivity index (χ0v) is 13.3. The van der Waals surface area contributed by atoms with Crippen LogP contribution in [-0.2, 0) is 11.3 Å². The minimum absolute atomic E-state index is 0.00499. The fourth-order valence-corrected chi connectivity index (χ4v) is 2.28. The summed E-state index contributed by atoms with van der Waals surface area (Å²) < 4.78 is 6.64. The van der Waals surface area contributed by atoms with E-state index in [1.54, 1.807) is 30.5 Å². The van der Waals surface area contributed by atoms with Crippen molar-refractivity contribution in [1.29, 1.82) is 0 Å². The Bertz CT molecular complexity index is 870. The second-order valence-corrected chi connectivity index (χ2v) is 5.37. The van der Waals surface area contributed by atoms with Crippen molar-refractivity contribution in [2.24, 2.45) is 0 Å². The standard InChI is InChI=1S/C16H15N5O4/c1-11(14-3-2-8-25-14)18-15(22)9-20-10-17-16(19-20)12-4-6-13(7-5-12)21(23)24/h2-8,10-11H,9H2,1H3,(H,18,22)/t11-/m0/s1. The molecule has 128 valence electrons. The lowest BCUT2D eigenvalue weighted by Crippen LogP contribution is -2.30. The van der Waals surface area contributed by atoms with E-state index in [0.717, 1.165) is 0 Å². The van der Waals surface area contributed by atoms with Crippen LogP contribution in [-0.4, -0.2) is 25.6 Å². The Kier molecular flexibility index (Phi) is 4.55. The van der Waals surface area contributed by atoms with Crippen molar-refractivity contribution in [3.63, 3.8) is 0 Å². The zero-order chi connectivity index (χ0) is 17.8. The molecule has 3 rings (SSSR count). The normalized spacial score (nSPS) is 11.9. The van der Waals surface area contributed by atoms with E-state index in [0.29, 0.717) is 17.1 Å². The summed E-state index contributed by atoms with van der Waals surface area (Å²) in [5.41, 5.74) is 0.628. The van der Waals surface area contributed by atoms with E-state index in [1.165, 1.54) is 23.1 Å². The van der Waals surface area contributed by atoms with E-state index >= 15 is 0 Å². The van der Waals surface area contributed by atoms with E-state index in [2.05, 4.69) is 15.4 Å². The summed E-state index contributed by atoms with van der Waals surface area (Å²) in [6, 6.07) is 9.19. The van der Waals surface area contributed by atoms with Crippen LogP contribution in [0, 0.1) is 10.1 Å². The predicted octanol–water partition coefficient (Wildman–Crippen LogP) is 2.32. The van der Waals surface area contributed by atoms with Crippen LogP contribution >= 0.6 is 0 Å². The smallest absolute Gasteiger partial charge is 0.269 e. The number of furan rings is 1. The maximum Gasteiger partial charge on any atom is 0.269 e. The van der Waals surface area contributed by atoms with Crippen LogP contribution in [0.3, 0.4) is 0 Å². The Hall–Kier alpha value is -3.49. The number of hydrogen-bond acceptors (Lipinski definition) is 6. The number of carbonyl (C=O) groups is 1. The molecule has 2 heterocycles. The molecule has 0 bridgehead atoms. The van der Waals surface area contributed by atoms with Gasteiger partial charge in [0.1, 0.15) is 18.6 Å². The maximum absolute atomic E-state index is 12.1. The molecule has 1 atom stereocenters. The summed E-state index contributed by atoms with van der Waals surface area (Å²) in [6.45, 7) is 1.82. The topological polar surface area (TPSA) is 116 Å². The highest BCUT2D eigenvalue weighted by Crippen LogP contribution is 2.19. The molecule has 1 N–H and O–H groups in total. The molecule has 9 heteroatoms. The molecule has 1 amide bonds. The average Bonchev–Trinajstić information content (AvgIpc) is 3.26. The molecule has 9 nitrogen and oxygen atoms in total. The summed E-state index contributed by atoms with van der Waals surface area (Å²) in [5.74, 6) is 0.823. The number of hydrogen-bond donors (Lipinski definition) is 1. The van der Waals surface area contributed by atoms with Gasteiger partial charge in [0.25, 0.3) is 5.69 Å². The first-order chi connectivity index (χ1) is 12.0. The van der Waals surface area contributed by atoms with Crippen LogP contribution in [0.2, 0.25) is 0 Å². The molecule has 0 unspecified atom stereocenters. The lowest BCUT2D eigenvalue weighted by Gasteiger charge is -2.11. The number of nitro groups is 1. The molecule has 3 aromatic rings. The van der Waals surface area contributed by atoms with E-state index < -0.39 is 4.92 Å². The predicted molar refractivity (Wildman–Crippen MR) is 87.4 cm³/mol. The van der Waals surface area contributed by atoms with E-state index in [1.807, 2.05) is 6.92 Å². The molecule has 0 spiro atoms. The van der Waals surface area contributed by atoms with Crippen LogP contribution in [0.15, 0.2) is 53.4 Å². The van der Waals surface area contributed by atoms with E-state index in [9.17, 15) is 14.9 Å². The fourth-order valence-electron chi connectivity index (χ4n) is 2.28. The molecule has 1 aromatic carbocycles. The first-order valence-corrected chi connectivity index (χ1v) is 7.50. The lowest BCUT2D eigenvalue weighted by atomic mass is 10.2. The number of nitrogens with one attached hydrogen (secondary N) is 1. The van der Waals surface area contributed by atoms with Gasteiger partial charge in [-0.3, -0.25) is 14.9 Å². The number of amides is 1. The van der Waals surface area contributed by atoms with E-state index in [4.69, 9.17) is 4.42 Å². The molecule has 0 aliphatic heterocycles. The quantitative estimate of drug-likeness (QED) is 0.543. The Morgan fingerprint density at radius 2 is 2.12 bits per heavy atom. The maximum atomic E-state index is 12.1. The molecule has 0 saturated heterocycles. The molecule has 25 heavy (non-hydrogen) atoms. The molecule has 0 fully saturated rings. The Morgan fingerprint density at radius 3 is 2.76 bits per heavy atom. The minimum Gasteiger partial charge on any atom is -0.467 e. The van der Waals surface area contributed by atoms with Crippen LogP contribution in [0.5, 0.6) is 0 Å². The van der Waals surface area contributed by atoms with Gasteiger partial charge in [-0.2, -0.15) is 5.10 Å².